The molecule has 8 heteroatoms. The molecule has 3 aromatic carbocycles. The zero-order chi connectivity index (χ0) is 24.8. The molecule has 0 bridgehead atoms. The summed E-state index contributed by atoms with van der Waals surface area (Å²) in [6, 6.07) is 21.9. The number of hydrogen-bond donors (Lipinski definition) is 1. The van der Waals surface area contributed by atoms with Crippen molar-refractivity contribution in [2.45, 2.75) is 25.8 Å². The molecule has 0 aromatic heterocycles. The van der Waals surface area contributed by atoms with Gasteiger partial charge >= 0.3 is 6.03 Å². The molecule has 1 aliphatic rings. The maximum Gasteiger partial charge on any atom is 0.332 e. The summed E-state index contributed by atoms with van der Waals surface area (Å²) in [5.41, 5.74) is 2.00. The molecule has 7 nitrogen and oxygen atoms in total. The van der Waals surface area contributed by atoms with Crippen molar-refractivity contribution in [3.05, 3.63) is 89.4 Å². The summed E-state index contributed by atoms with van der Waals surface area (Å²) in [7, 11) is 0. The smallest absolute Gasteiger partial charge is 0.332 e. The summed E-state index contributed by atoms with van der Waals surface area (Å²) in [6.45, 7) is 2.74. The van der Waals surface area contributed by atoms with Gasteiger partial charge in [0.25, 0.3) is 5.91 Å². The predicted molar refractivity (Wildman–Crippen MR) is 136 cm³/mol. The van der Waals surface area contributed by atoms with E-state index in [0.717, 1.165) is 10.5 Å². The average molecular weight is 492 g/mol. The lowest BCUT2D eigenvalue weighted by Gasteiger charge is -2.21. The van der Waals surface area contributed by atoms with Crippen LogP contribution in [0.3, 0.4) is 0 Å². The van der Waals surface area contributed by atoms with Gasteiger partial charge in [-0.2, -0.15) is 0 Å². The Balaban J connectivity index is 1.52. The number of rotatable bonds is 9. The molecule has 4 rings (SSSR count). The number of amides is 4. The molecule has 1 heterocycles. The fourth-order valence-electron chi connectivity index (χ4n) is 4.02. The Morgan fingerprint density at radius 2 is 1.74 bits per heavy atom. The minimum atomic E-state index is -0.923. The van der Waals surface area contributed by atoms with Gasteiger partial charge in [0.05, 0.1) is 18.7 Å². The lowest BCUT2D eigenvalue weighted by atomic mass is 10.1. The number of carbonyl (C=O) groups is 3. The molecule has 1 N–H and O–H groups in total. The number of urea groups is 1. The van der Waals surface area contributed by atoms with Crippen molar-refractivity contribution in [3.8, 4) is 5.75 Å². The molecular weight excluding hydrogens is 466 g/mol. The van der Waals surface area contributed by atoms with Crippen LogP contribution >= 0.6 is 11.6 Å². The molecule has 1 aliphatic heterocycles. The molecule has 3 aromatic rings. The van der Waals surface area contributed by atoms with Crippen molar-refractivity contribution in [2.24, 2.45) is 0 Å². The SMILES string of the molecule is CCOc1ccc(NC(=O)C[C@H]2C(=O)N(c3cccc(Cl)c3)C(=O)N2CCc2ccccc2)cc1. The Kier molecular flexibility index (Phi) is 7.67. The number of nitrogens with zero attached hydrogens (tertiary/aromatic N) is 2. The van der Waals surface area contributed by atoms with Gasteiger partial charge in [-0.15, -0.1) is 0 Å². The maximum absolute atomic E-state index is 13.4. The third-order valence-corrected chi connectivity index (χ3v) is 5.93. The summed E-state index contributed by atoms with van der Waals surface area (Å²) in [4.78, 5) is 42.2. The van der Waals surface area contributed by atoms with Crippen LogP contribution in [-0.2, 0) is 16.0 Å². The van der Waals surface area contributed by atoms with Crippen LogP contribution in [0.2, 0.25) is 5.02 Å². The Hall–Kier alpha value is -3.84. The lowest BCUT2D eigenvalue weighted by Crippen LogP contribution is -2.39. The first-order valence-corrected chi connectivity index (χ1v) is 11.8. The van der Waals surface area contributed by atoms with E-state index in [4.69, 9.17) is 16.3 Å². The minimum absolute atomic E-state index is 0.163. The van der Waals surface area contributed by atoms with Gasteiger partial charge in [-0.3, -0.25) is 9.59 Å². The maximum atomic E-state index is 13.4. The van der Waals surface area contributed by atoms with Crippen LogP contribution in [0.4, 0.5) is 16.2 Å². The van der Waals surface area contributed by atoms with Crippen molar-refractivity contribution in [3.63, 3.8) is 0 Å². The van der Waals surface area contributed by atoms with E-state index in [1.165, 1.54) is 4.90 Å². The van der Waals surface area contributed by atoms with Crippen LogP contribution in [0.1, 0.15) is 18.9 Å². The average Bonchev–Trinajstić information content (AvgIpc) is 3.08. The van der Waals surface area contributed by atoms with Gasteiger partial charge in [-0.05, 0) is 61.4 Å². The fraction of sp³-hybridized carbons (Fsp3) is 0.222. The molecular formula is C27H26ClN3O4. The summed E-state index contributed by atoms with van der Waals surface area (Å²) in [6.07, 6.45) is 0.393. The first-order valence-electron chi connectivity index (χ1n) is 11.4. The van der Waals surface area contributed by atoms with Gasteiger partial charge in [-0.25, -0.2) is 9.69 Å². The van der Waals surface area contributed by atoms with Crippen LogP contribution < -0.4 is 15.0 Å². The van der Waals surface area contributed by atoms with Crippen LogP contribution in [0.5, 0.6) is 5.75 Å². The van der Waals surface area contributed by atoms with E-state index in [2.05, 4.69) is 5.32 Å². The van der Waals surface area contributed by atoms with Crippen molar-refractivity contribution in [1.82, 2.24) is 4.90 Å². The topological polar surface area (TPSA) is 79.0 Å². The highest BCUT2D eigenvalue weighted by Gasteiger charge is 2.46. The number of carbonyl (C=O) groups excluding carboxylic acids is 3. The van der Waals surface area contributed by atoms with Crippen molar-refractivity contribution in [1.29, 1.82) is 0 Å². The zero-order valence-corrected chi connectivity index (χ0v) is 20.1. The molecule has 0 aliphatic carbocycles. The fourth-order valence-corrected chi connectivity index (χ4v) is 4.21. The summed E-state index contributed by atoms with van der Waals surface area (Å²) < 4.78 is 5.42. The number of hydrogen-bond acceptors (Lipinski definition) is 4. The van der Waals surface area contributed by atoms with E-state index in [-0.39, 0.29) is 12.3 Å². The van der Waals surface area contributed by atoms with Crippen molar-refractivity contribution < 1.29 is 19.1 Å². The van der Waals surface area contributed by atoms with Crippen LogP contribution in [0, 0.1) is 0 Å². The Bertz CT molecular complexity index is 1200. The van der Waals surface area contributed by atoms with E-state index < -0.39 is 18.0 Å². The molecule has 180 valence electrons. The highest BCUT2D eigenvalue weighted by molar-refractivity contribution is 6.31. The minimum Gasteiger partial charge on any atom is -0.494 e. The first-order chi connectivity index (χ1) is 17.0. The predicted octanol–water partition coefficient (Wildman–Crippen LogP) is 5.15. The molecule has 4 amide bonds. The summed E-state index contributed by atoms with van der Waals surface area (Å²) >= 11 is 6.10. The third-order valence-electron chi connectivity index (χ3n) is 5.70. The van der Waals surface area contributed by atoms with E-state index in [0.29, 0.717) is 41.7 Å². The first kappa shape index (κ1) is 24.3. The van der Waals surface area contributed by atoms with Crippen molar-refractivity contribution in [2.75, 3.05) is 23.4 Å². The number of ether oxygens (including phenoxy) is 1. The van der Waals surface area contributed by atoms with Crippen LogP contribution in [0.15, 0.2) is 78.9 Å². The van der Waals surface area contributed by atoms with Gasteiger partial charge in [0.15, 0.2) is 0 Å². The highest BCUT2D eigenvalue weighted by atomic mass is 35.5. The molecule has 0 unspecified atom stereocenters. The quantitative estimate of drug-likeness (QED) is 0.420. The number of halogens is 1. The Morgan fingerprint density at radius 3 is 2.43 bits per heavy atom. The Morgan fingerprint density at radius 1 is 1.00 bits per heavy atom. The molecule has 1 fully saturated rings. The van der Waals surface area contributed by atoms with Crippen LogP contribution in [-0.4, -0.2) is 41.9 Å². The van der Waals surface area contributed by atoms with E-state index in [1.807, 2.05) is 37.3 Å². The normalized spacial score (nSPS) is 15.4. The summed E-state index contributed by atoms with van der Waals surface area (Å²) in [5, 5.41) is 3.22. The number of nitrogens with one attached hydrogen (secondary N) is 1. The highest BCUT2D eigenvalue weighted by Crippen LogP contribution is 2.29. The van der Waals surface area contributed by atoms with E-state index >= 15 is 0 Å². The molecule has 1 atom stereocenters. The third kappa shape index (κ3) is 5.81. The van der Waals surface area contributed by atoms with E-state index in [1.54, 1.807) is 48.5 Å². The molecule has 35 heavy (non-hydrogen) atoms. The number of imide groups is 1. The largest absolute Gasteiger partial charge is 0.494 e. The zero-order valence-electron chi connectivity index (χ0n) is 19.3. The second-order valence-corrected chi connectivity index (χ2v) is 8.53. The van der Waals surface area contributed by atoms with Crippen LogP contribution in [0.25, 0.3) is 0 Å². The van der Waals surface area contributed by atoms with Gasteiger partial charge in [-0.1, -0.05) is 48.0 Å². The second-order valence-electron chi connectivity index (χ2n) is 8.09. The van der Waals surface area contributed by atoms with Gasteiger partial charge in [0.1, 0.15) is 11.8 Å². The lowest BCUT2D eigenvalue weighted by molar-refractivity contribution is -0.124. The monoisotopic (exact) mass is 491 g/mol. The molecule has 1 saturated heterocycles. The van der Waals surface area contributed by atoms with Gasteiger partial charge in [0, 0.05) is 17.3 Å². The van der Waals surface area contributed by atoms with Gasteiger partial charge in [0.2, 0.25) is 5.91 Å². The number of benzene rings is 3. The standard InChI is InChI=1S/C27H26ClN3O4/c1-2-35-23-13-11-21(12-14-23)29-25(32)18-24-26(33)31(22-10-6-9-20(28)17-22)27(34)30(24)16-15-19-7-4-3-5-8-19/h3-14,17,24H,2,15-16,18H2,1H3,(H,29,32)/t24-/m0/s1. The van der Waals surface area contributed by atoms with Crippen molar-refractivity contribution >= 4 is 40.8 Å². The molecule has 0 spiro atoms. The van der Waals surface area contributed by atoms with Gasteiger partial charge < -0.3 is 15.0 Å². The summed E-state index contributed by atoms with van der Waals surface area (Å²) in [5.74, 6) is -0.114. The molecule has 0 saturated carbocycles. The van der Waals surface area contributed by atoms with E-state index in [9.17, 15) is 14.4 Å². The number of anilines is 2. The Labute approximate surface area is 209 Å². The molecule has 0 radical (unpaired) electrons. The second kappa shape index (κ2) is 11.1.